The van der Waals surface area contributed by atoms with Gasteiger partial charge >= 0.3 is 6.03 Å². The minimum Gasteiger partial charge on any atom is -0.399 e. The Morgan fingerprint density at radius 3 is 2.60 bits per heavy atom. The van der Waals surface area contributed by atoms with Crippen molar-refractivity contribution in [1.29, 1.82) is 0 Å². The van der Waals surface area contributed by atoms with Gasteiger partial charge in [-0.15, -0.1) is 0 Å². The molecule has 2 aromatic rings. The smallest absolute Gasteiger partial charge is 0.323 e. The highest BCUT2D eigenvalue weighted by Gasteiger charge is 1.98. The minimum absolute atomic E-state index is 0.305. The topological polar surface area (TPSA) is 67.1 Å². The molecule has 0 fully saturated rings. The molecule has 2 rings (SSSR count). The number of halogens is 1. The molecule has 0 heterocycles. The number of nitrogen functional groups attached to an aromatic ring is 1. The lowest BCUT2D eigenvalue weighted by atomic mass is 10.2. The number of anilines is 2. The van der Waals surface area contributed by atoms with Crippen LogP contribution in [0.5, 0.6) is 0 Å². The van der Waals surface area contributed by atoms with E-state index in [4.69, 9.17) is 5.73 Å². The number of hydrogen-bond acceptors (Lipinski definition) is 2. The SMILES string of the molecule is Nc1ccc(NC(=O)N/C=C/c2cccc(Br)c2)cc1. The van der Waals surface area contributed by atoms with Crippen LogP contribution in [0.1, 0.15) is 5.56 Å². The second-order valence-corrected chi connectivity index (χ2v) is 5.02. The summed E-state index contributed by atoms with van der Waals surface area (Å²) in [4.78, 5) is 11.6. The number of rotatable bonds is 3. The third kappa shape index (κ3) is 4.44. The van der Waals surface area contributed by atoms with E-state index >= 15 is 0 Å². The molecule has 4 nitrogen and oxygen atoms in total. The Morgan fingerprint density at radius 1 is 1.15 bits per heavy atom. The zero-order valence-corrected chi connectivity index (χ0v) is 12.2. The molecule has 2 amide bonds. The summed E-state index contributed by atoms with van der Waals surface area (Å²) in [6, 6.07) is 14.4. The molecule has 0 atom stereocenters. The van der Waals surface area contributed by atoms with Gasteiger partial charge in [-0.3, -0.25) is 0 Å². The monoisotopic (exact) mass is 331 g/mol. The predicted molar refractivity (Wildman–Crippen MR) is 86.2 cm³/mol. The van der Waals surface area contributed by atoms with Gasteiger partial charge in [-0.2, -0.15) is 0 Å². The number of carbonyl (C=O) groups excluding carboxylic acids is 1. The van der Waals surface area contributed by atoms with Gasteiger partial charge in [0.05, 0.1) is 0 Å². The van der Waals surface area contributed by atoms with Crippen molar-refractivity contribution in [2.24, 2.45) is 0 Å². The van der Waals surface area contributed by atoms with Gasteiger partial charge in [0.15, 0.2) is 0 Å². The summed E-state index contributed by atoms with van der Waals surface area (Å²) in [5.74, 6) is 0. The molecule has 0 spiro atoms. The second-order valence-electron chi connectivity index (χ2n) is 4.11. The van der Waals surface area contributed by atoms with Crippen molar-refractivity contribution in [1.82, 2.24) is 5.32 Å². The molecule has 5 heteroatoms. The van der Waals surface area contributed by atoms with E-state index in [1.54, 1.807) is 30.5 Å². The zero-order valence-electron chi connectivity index (χ0n) is 10.6. The lowest BCUT2D eigenvalue weighted by Crippen LogP contribution is -2.23. The summed E-state index contributed by atoms with van der Waals surface area (Å²) in [6.07, 6.45) is 3.40. The minimum atomic E-state index is -0.305. The summed E-state index contributed by atoms with van der Waals surface area (Å²) in [7, 11) is 0. The number of nitrogens with one attached hydrogen (secondary N) is 2. The Kier molecular flexibility index (Phi) is 4.79. The van der Waals surface area contributed by atoms with Gasteiger partial charge in [0.2, 0.25) is 0 Å². The molecule has 0 aliphatic carbocycles. The van der Waals surface area contributed by atoms with Gasteiger partial charge in [-0.05, 0) is 48.0 Å². The van der Waals surface area contributed by atoms with E-state index < -0.39 is 0 Å². The van der Waals surface area contributed by atoms with E-state index in [0.29, 0.717) is 11.4 Å². The number of benzene rings is 2. The molecule has 4 N–H and O–H groups in total. The molecule has 0 aromatic heterocycles. The maximum atomic E-state index is 11.6. The molecule has 0 bridgehead atoms. The summed E-state index contributed by atoms with van der Waals surface area (Å²) in [5.41, 5.74) is 7.91. The average Bonchev–Trinajstić information content (AvgIpc) is 2.41. The van der Waals surface area contributed by atoms with Crippen LogP contribution in [0.25, 0.3) is 6.08 Å². The predicted octanol–water partition coefficient (Wildman–Crippen LogP) is 3.82. The second kappa shape index (κ2) is 6.77. The lowest BCUT2D eigenvalue weighted by molar-refractivity contribution is 0.255. The van der Waals surface area contributed by atoms with E-state index in [0.717, 1.165) is 10.0 Å². The van der Waals surface area contributed by atoms with Crippen LogP contribution in [0.15, 0.2) is 59.2 Å². The fourth-order valence-corrected chi connectivity index (χ4v) is 1.97. The number of amides is 2. The van der Waals surface area contributed by atoms with Gasteiger partial charge in [-0.1, -0.05) is 28.1 Å². The maximum absolute atomic E-state index is 11.6. The number of urea groups is 1. The molecule has 20 heavy (non-hydrogen) atoms. The molecule has 0 aliphatic heterocycles. The van der Waals surface area contributed by atoms with Gasteiger partial charge in [0, 0.05) is 22.0 Å². The van der Waals surface area contributed by atoms with Gasteiger partial charge in [-0.25, -0.2) is 4.79 Å². The van der Waals surface area contributed by atoms with Crippen LogP contribution in [0.3, 0.4) is 0 Å². The van der Waals surface area contributed by atoms with Crippen molar-refractivity contribution < 1.29 is 4.79 Å². The Bertz CT molecular complexity index is 623. The van der Waals surface area contributed by atoms with E-state index in [9.17, 15) is 4.79 Å². The van der Waals surface area contributed by atoms with Crippen molar-refractivity contribution in [3.05, 3.63) is 64.8 Å². The highest BCUT2D eigenvalue weighted by Crippen LogP contribution is 2.12. The lowest BCUT2D eigenvalue weighted by Gasteiger charge is -2.04. The van der Waals surface area contributed by atoms with E-state index in [2.05, 4.69) is 26.6 Å². The first kappa shape index (κ1) is 14.1. The number of hydrogen-bond donors (Lipinski definition) is 3. The summed E-state index contributed by atoms with van der Waals surface area (Å²) < 4.78 is 0.992. The Balaban J connectivity index is 1.87. The van der Waals surface area contributed by atoms with Crippen LogP contribution < -0.4 is 16.4 Å². The van der Waals surface area contributed by atoms with Crippen molar-refractivity contribution in [2.75, 3.05) is 11.1 Å². The number of nitrogens with two attached hydrogens (primary N) is 1. The molecular formula is C15H14BrN3O. The van der Waals surface area contributed by atoms with Crippen molar-refractivity contribution in [3.63, 3.8) is 0 Å². The molecule has 0 saturated heterocycles. The Labute approximate surface area is 125 Å². The zero-order chi connectivity index (χ0) is 14.4. The van der Waals surface area contributed by atoms with Crippen LogP contribution in [0, 0.1) is 0 Å². The fraction of sp³-hybridized carbons (Fsp3) is 0. The van der Waals surface area contributed by atoms with Crippen molar-refractivity contribution in [3.8, 4) is 0 Å². The molecular weight excluding hydrogens is 318 g/mol. The van der Waals surface area contributed by atoms with Crippen LogP contribution in [0.2, 0.25) is 0 Å². The fourth-order valence-electron chi connectivity index (χ4n) is 1.56. The first-order valence-electron chi connectivity index (χ1n) is 5.99. The van der Waals surface area contributed by atoms with Gasteiger partial charge in [0.25, 0.3) is 0 Å². The quantitative estimate of drug-likeness (QED) is 0.748. The molecule has 102 valence electrons. The van der Waals surface area contributed by atoms with E-state index in [1.807, 2.05) is 30.3 Å². The highest BCUT2D eigenvalue weighted by atomic mass is 79.9. The molecule has 0 radical (unpaired) electrons. The Morgan fingerprint density at radius 2 is 1.90 bits per heavy atom. The molecule has 0 unspecified atom stereocenters. The third-order valence-electron chi connectivity index (χ3n) is 2.51. The normalized spacial score (nSPS) is 10.4. The summed E-state index contributed by atoms with van der Waals surface area (Å²) in [6.45, 7) is 0. The standard InChI is InChI=1S/C15H14BrN3O/c16-12-3-1-2-11(10-12)8-9-18-15(20)19-14-6-4-13(17)5-7-14/h1-10H,17H2,(H2,18,19,20)/b9-8+. The molecule has 2 aromatic carbocycles. The van der Waals surface area contributed by atoms with Crippen LogP contribution in [-0.4, -0.2) is 6.03 Å². The largest absolute Gasteiger partial charge is 0.399 e. The van der Waals surface area contributed by atoms with Crippen LogP contribution in [-0.2, 0) is 0 Å². The first-order valence-corrected chi connectivity index (χ1v) is 6.78. The first-order chi connectivity index (χ1) is 9.63. The van der Waals surface area contributed by atoms with E-state index in [-0.39, 0.29) is 6.03 Å². The van der Waals surface area contributed by atoms with Crippen molar-refractivity contribution in [2.45, 2.75) is 0 Å². The summed E-state index contributed by atoms with van der Waals surface area (Å²) >= 11 is 3.39. The maximum Gasteiger partial charge on any atom is 0.323 e. The van der Waals surface area contributed by atoms with E-state index in [1.165, 1.54) is 0 Å². The van der Waals surface area contributed by atoms with Crippen LogP contribution >= 0.6 is 15.9 Å². The summed E-state index contributed by atoms with van der Waals surface area (Å²) in [5, 5.41) is 5.34. The average molecular weight is 332 g/mol. The van der Waals surface area contributed by atoms with Gasteiger partial charge < -0.3 is 16.4 Å². The molecule has 0 saturated carbocycles. The van der Waals surface area contributed by atoms with Crippen molar-refractivity contribution >= 4 is 39.4 Å². The third-order valence-corrected chi connectivity index (χ3v) is 3.00. The number of carbonyl (C=O) groups is 1. The molecule has 0 aliphatic rings. The Hall–Kier alpha value is -2.27. The van der Waals surface area contributed by atoms with Crippen LogP contribution in [0.4, 0.5) is 16.2 Å². The van der Waals surface area contributed by atoms with Gasteiger partial charge in [0.1, 0.15) is 0 Å². The highest BCUT2D eigenvalue weighted by molar-refractivity contribution is 9.10.